The molecule has 1 saturated heterocycles. The Morgan fingerprint density at radius 2 is 1.80 bits per heavy atom. The van der Waals surface area contributed by atoms with Gasteiger partial charge in [0.25, 0.3) is 0 Å². The highest BCUT2D eigenvalue weighted by molar-refractivity contribution is 6.02. The molecule has 0 saturated carbocycles. The van der Waals surface area contributed by atoms with Crippen LogP contribution in [0.3, 0.4) is 0 Å². The number of piperidine rings is 1. The molecule has 2 aromatic carbocycles. The Bertz CT molecular complexity index is 1060. The SMILES string of the molecule is Cc1cccc(NC(=O)Nc2c(N3CCCCC3)c(-c3cccc(F)c3)nn2C)c1. The van der Waals surface area contributed by atoms with Crippen LogP contribution in [0, 0.1) is 12.7 Å². The van der Waals surface area contributed by atoms with Gasteiger partial charge in [0.2, 0.25) is 0 Å². The molecule has 0 aliphatic carbocycles. The van der Waals surface area contributed by atoms with Gasteiger partial charge in [0.1, 0.15) is 17.2 Å². The summed E-state index contributed by atoms with van der Waals surface area (Å²) >= 11 is 0. The van der Waals surface area contributed by atoms with E-state index >= 15 is 0 Å². The van der Waals surface area contributed by atoms with Crippen molar-refractivity contribution >= 4 is 23.2 Å². The Hall–Kier alpha value is -3.35. The molecule has 6 nitrogen and oxygen atoms in total. The maximum absolute atomic E-state index is 13.9. The molecule has 4 rings (SSSR count). The number of urea groups is 1. The van der Waals surface area contributed by atoms with Gasteiger partial charge in [-0.15, -0.1) is 0 Å². The second-order valence-corrected chi connectivity index (χ2v) is 7.68. The monoisotopic (exact) mass is 407 g/mol. The van der Waals surface area contributed by atoms with Gasteiger partial charge < -0.3 is 10.2 Å². The fraction of sp³-hybridized carbons (Fsp3) is 0.304. The van der Waals surface area contributed by atoms with Crippen LogP contribution in [0.2, 0.25) is 0 Å². The Balaban J connectivity index is 1.68. The quantitative estimate of drug-likeness (QED) is 0.627. The lowest BCUT2D eigenvalue weighted by atomic mass is 10.1. The van der Waals surface area contributed by atoms with Gasteiger partial charge in [-0.2, -0.15) is 5.10 Å². The van der Waals surface area contributed by atoms with Crippen LogP contribution in [-0.4, -0.2) is 28.9 Å². The van der Waals surface area contributed by atoms with Crippen molar-refractivity contribution in [2.45, 2.75) is 26.2 Å². The normalized spacial score (nSPS) is 13.9. The largest absolute Gasteiger partial charge is 0.367 e. The molecule has 7 heteroatoms. The van der Waals surface area contributed by atoms with Crippen LogP contribution in [0.25, 0.3) is 11.3 Å². The third kappa shape index (κ3) is 4.30. The van der Waals surface area contributed by atoms with E-state index in [0.29, 0.717) is 17.1 Å². The number of halogens is 1. The van der Waals surface area contributed by atoms with E-state index in [-0.39, 0.29) is 11.8 Å². The van der Waals surface area contributed by atoms with Crippen LogP contribution >= 0.6 is 0 Å². The average Bonchev–Trinajstić information content (AvgIpc) is 3.05. The molecule has 1 aliphatic heterocycles. The summed E-state index contributed by atoms with van der Waals surface area (Å²) in [7, 11) is 1.79. The lowest BCUT2D eigenvalue weighted by Crippen LogP contribution is -2.31. The third-order valence-electron chi connectivity index (χ3n) is 5.30. The highest BCUT2D eigenvalue weighted by Crippen LogP contribution is 2.38. The summed E-state index contributed by atoms with van der Waals surface area (Å²) in [5.41, 5.74) is 3.99. The fourth-order valence-corrected chi connectivity index (χ4v) is 3.89. The second kappa shape index (κ2) is 8.57. The molecule has 0 spiro atoms. The van der Waals surface area contributed by atoms with E-state index in [9.17, 15) is 9.18 Å². The first kappa shape index (κ1) is 19.9. The van der Waals surface area contributed by atoms with Gasteiger partial charge in [0, 0.05) is 31.4 Å². The number of nitrogens with one attached hydrogen (secondary N) is 2. The topological polar surface area (TPSA) is 62.2 Å². The summed E-state index contributed by atoms with van der Waals surface area (Å²) in [6, 6.07) is 13.7. The number of amides is 2. The van der Waals surface area contributed by atoms with Gasteiger partial charge >= 0.3 is 6.03 Å². The van der Waals surface area contributed by atoms with Gasteiger partial charge in [-0.1, -0.05) is 24.3 Å². The van der Waals surface area contributed by atoms with Gasteiger partial charge in [-0.3, -0.25) is 5.32 Å². The predicted molar refractivity (Wildman–Crippen MR) is 118 cm³/mol. The first-order valence-electron chi connectivity index (χ1n) is 10.2. The summed E-state index contributed by atoms with van der Waals surface area (Å²) in [5, 5.41) is 10.5. The predicted octanol–water partition coefficient (Wildman–Crippen LogP) is 5.17. The van der Waals surface area contributed by atoms with Crippen molar-refractivity contribution in [3.8, 4) is 11.3 Å². The third-order valence-corrected chi connectivity index (χ3v) is 5.30. The molecule has 2 heterocycles. The average molecular weight is 407 g/mol. The zero-order valence-electron chi connectivity index (χ0n) is 17.3. The van der Waals surface area contributed by atoms with Crippen molar-refractivity contribution in [3.63, 3.8) is 0 Å². The maximum atomic E-state index is 13.9. The van der Waals surface area contributed by atoms with Gasteiger partial charge in [0.15, 0.2) is 5.82 Å². The minimum Gasteiger partial charge on any atom is -0.367 e. The van der Waals surface area contributed by atoms with Crippen molar-refractivity contribution < 1.29 is 9.18 Å². The van der Waals surface area contributed by atoms with E-state index in [4.69, 9.17) is 0 Å². The Morgan fingerprint density at radius 3 is 2.53 bits per heavy atom. The smallest absolute Gasteiger partial charge is 0.324 e. The minimum atomic E-state index is -0.340. The summed E-state index contributed by atoms with van der Waals surface area (Å²) < 4.78 is 15.5. The van der Waals surface area contributed by atoms with Crippen LogP contribution in [0.1, 0.15) is 24.8 Å². The summed E-state index contributed by atoms with van der Waals surface area (Å²) in [6.45, 7) is 3.73. The van der Waals surface area contributed by atoms with Crippen LogP contribution in [-0.2, 0) is 7.05 Å². The number of aromatic nitrogens is 2. The highest BCUT2D eigenvalue weighted by atomic mass is 19.1. The van der Waals surface area contributed by atoms with Crippen molar-refractivity contribution in [3.05, 3.63) is 59.9 Å². The van der Waals surface area contributed by atoms with E-state index in [1.165, 1.54) is 18.6 Å². The number of nitrogens with zero attached hydrogens (tertiary/aromatic N) is 3. The van der Waals surface area contributed by atoms with Gasteiger partial charge in [-0.25, -0.2) is 13.9 Å². The molecule has 0 atom stereocenters. The first-order valence-corrected chi connectivity index (χ1v) is 10.2. The lowest BCUT2D eigenvalue weighted by Gasteiger charge is -2.29. The summed E-state index contributed by atoms with van der Waals surface area (Å²) in [4.78, 5) is 15.0. The number of rotatable bonds is 4. The second-order valence-electron chi connectivity index (χ2n) is 7.68. The molecule has 0 radical (unpaired) electrons. The highest BCUT2D eigenvalue weighted by Gasteiger charge is 2.25. The number of carbonyl (C=O) groups is 1. The lowest BCUT2D eigenvalue weighted by molar-refractivity contribution is 0.262. The number of anilines is 3. The first-order chi connectivity index (χ1) is 14.5. The Labute approximate surface area is 175 Å². The van der Waals surface area contributed by atoms with Crippen LogP contribution in [0.15, 0.2) is 48.5 Å². The minimum absolute atomic E-state index is 0.311. The van der Waals surface area contributed by atoms with Crippen LogP contribution in [0.5, 0.6) is 0 Å². The molecule has 3 aromatic rings. The molecule has 156 valence electrons. The van der Waals surface area contributed by atoms with E-state index < -0.39 is 0 Å². The summed E-state index contributed by atoms with van der Waals surface area (Å²) in [6.07, 6.45) is 3.33. The van der Waals surface area contributed by atoms with E-state index in [1.807, 2.05) is 37.3 Å². The number of hydrogen-bond acceptors (Lipinski definition) is 3. The summed E-state index contributed by atoms with van der Waals surface area (Å²) in [5.74, 6) is 0.288. The molecule has 2 amide bonds. The zero-order valence-corrected chi connectivity index (χ0v) is 17.3. The van der Waals surface area contributed by atoms with Crippen LogP contribution < -0.4 is 15.5 Å². The number of hydrogen-bond donors (Lipinski definition) is 2. The number of aryl methyl sites for hydroxylation is 2. The molecule has 1 aromatic heterocycles. The van der Waals surface area contributed by atoms with E-state index in [2.05, 4.69) is 20.6 Å². The molecular formula is C23H26FN5O. The van der Waals surface area contributed by atoms with E-state index in [1.54, 1.807) is 17.8 Å². The van der Waals surface area contributed by atoms with Crippen LogP contribution in [0.4, 0.5) is 26.4 Å². The standard InChI is InChI=1S/C23H26FN5O/c1-16-8-6-11-19(14-16)25-23(30)26-22-21(29-12-4-3-5-13-29)20(27-28(22)2)17-9-7-10-18(24)15-17/h6-11,14-15H,3-5,12-13H2,1-2H3,(H2,25,26,30). The molecular weight excluding hydrogens is 381 g/mol. The molecule has 1 fully saturated rings. The van der Waals surface area contributed by atoms with E-state index in [0.717, 1.165) is 42.9 Å². The Kier molecular flexibility index (Phi) is 5.70. The van der Waals surface area contributed by atoms with Crippen molar-refractivity contribution in [2.24, 2.45) is 7.05 Å². The van der Waals surface area contributed by atoms with Crippen molar-refractivity contribution in [1.29, 1.82) is 0 Å². The van der Waals surface area contributed by atoms with Crippen molar-refractivity contribution in [1.82, 2.24) is 9.78 Å². The van der Waals surface area contributed by atoms with Gasteiger partial charge in [0.05, 0.1) is 0 Å². The number of carbonyl (C=O) groups excluding carboxylic acids is 1. The molecule has 2 N–H and O–H groups in total. The molecule has 30 heavy (non-hydrogen) atoms. The number of benzene rings is 2. The Morgan fingerprint density at radius 1 is 1.03 bits per heavy atom. The molecule has 0 unspecified atom stereocenters. The molecule has 1 aliphatic rings. The zero-order chi connectivity index (χ0) is 21.1. The van der Waals surface area contributed by atoms with Crippen molar-refractivity contribution in [2.75, 3.05) is 28.6 Å². The molecule has 0 bridgehead atoms. The fourth-order valence-electron chi connectivity index (χ4n) is 3.89. The maximum Gasteiger partial charge on any atom is 0.324 e. The van der Waals surface area contributed by atoms with Gasteiger partial charge in [-0.05, 0) is 56.0 Å².